The van der Waals surface area contributed by atoms with Gasteiger partial charge in [0.1, 0.15) is 0 Å². The van der Waals surface area contributed by atoms with Crippen LogP contribution in [-0.4, -0.2) is 16.9 Å². The van der Waals surface area contributed by atoms with Crippen LogP contribution in [0.1, 0.15) is 30.6 Å². The number of hydrogen-bond acceptors (Lipinski definition) is 4. The molecule has 1 amide bonds. The molecule has 0 saturated heterocycles. The van der Waals surface area contributed by atoms with E-state index < -0.39 is 0 Å². The molecular weight excluding hydrogens is 240 g/mol. The number of nitrogens with zero attached hydrogens (tertiary/aromatic N) is 1. The highest BCUT2D eigenvalue weighted by Crippen LogP contribution is 2.44. The highest BCUT2D eigenvalue weighted by atomic mass is 35.5. The molecule has 6 heteroatoms. The maximum absolute atomic E-state index is 11.9. The molecule has 0 radical (unpaired) electrons. The molecule has 1 fully saturated rings. The number of carbonyl (C=O) groups is 1. The van der Waals surface area contributed by atoms with E-state index in [0.717, 1.165) is 6.42 Å². The zero-order valence-electron chi connectivity index (χ0n) is 9.75. The van der Waals surface area contributed by atoms with Gasteiger partial charge in [-0.25, -0.2) is 10.8 Å². The standard InChI is InChI=1S/C11H15ClN4O/c1-11(2)4-8(11)15-10(17)6-3-7(12)9(16-13)14-5-6/h3,5,8H,4,13H2,1-2H3,(H,14,16)(H,15,17). The van der Waals surface area contributed by atoms with Crippen LogP contribution < -0.4 is 16.6 Å². The van der Waals surface area contributed by atoms with E-state index in [1.165, 1.54) is 6.20 Å². The van der Waals surface area contributed by atoms with Crippen molar-refractivity contribution < 1.29 is 4.79 Å². The Morgan fingerprint density at radius 2 is 2.29 bits per heavy atom. The average molecular weight is 255 g/mol. The number of hydrogen-bond donors (Lipinski definition) is 3. The first-order valence-electron chi connectivity index (χ1n) is 5.37. The lowest BCUT2D eigenvalue weighted by Crippen LogP contribution is -2.28. The van der Waals surface area contributed by atoms with Gasteiger partial charge in [0.25, 0.3) is 5.91 Å². The van der Waals surface area contributed by atoms with Gasteiger partial charge in [0, 0.05) is 12.2 Å². The van der Waals surface area contributed by atoms with Gasteiger partial charge in [0.15, 0.2) is 5.82 Å². The second kappa shape index (κ2) is 4.16. The number of halogens is 1. The maximum Gasteiger partial charge on any atom is 0.253 e. The van der Waals surface area contributed by atoms with E-state index in [2.05, 4.69) is 29.6 Å². The molecule has 17 heavy (non-hydrogen) atoms. The third kappa shape index (κ3) is 2.50. The zero-order chi connectivity index (χ0) is 12.6. The Morgan fingerprint density at radius 3 is 2.76 bits per heavy atom. The van der Waals surface area contributed by atoms with E-state index >= 15 is 0 Å². The topological polar surface area (TPSA) is 80.0 Å². The van der Waals surface area contributed by atoms with E-state index in [-0.39, 0.29) is 17.4 Å². The quantitative estimate of drug-likeness (QED) is 0.565. The number of nitrogens with one attached hydrogen (secondary N) is 2. The molecular formula is C11H15ClN4O. The fourth-order valence-electron chi connectivity index (χ4n) is 1.62. The van der Waals surface area contributed by atoms with Crippen molar-refractivity contribution in [1.82, 2.24) is 10.3 Å². The number of nitrogen functional groups attached to an aromatic ring is 1. The molecule has 0 aromatic carbocycles. The summed E-state index contributed by atoms with van der Waals surface area (Å²) in [6.45, 7) is 4.23. The summed E-state index contributed by atoms with van der Waals surface area (Å²) in [5.74, 6) is 5.41. The number of amides is 1. The first kappa shape index (κ1) is 12.1. The predicted molar refractivity (Wildman–Crippen MR) is 66.7 cm³/mol. The summed E-state index contributed by atoms with van der Waals surface area (Å²) in [4.78, 5) is 15.8. The zero-order valence-corrected chi connectivity index (χ0v) is 10.5. The van der Waals surface area contributed by atoms with Crippen LogP contribution >= 0.6 is 11.6 Å². The van der Waals surface area contributed by atoms with Gasteiger partial charge in [-0.15, -0.1) is 0 Å². The monoisotopic (exact) mass is 254 g/mol. The summed E-state index contributed by atoms with van der Waals surface area (Å²) in [5, 5.41) is 3.26. The van der Waals surface area contributed by atoms with E-state index in [0.29, 0.717) is 16.4 Å². The van der Waals surface area contributed by atoms with Crippen molar-refractivity contribution in [2.45, 2.75) is 26.3 Å². The largest absolute Gasteiger partial charge is 0.349 e. The van der Waals surface area contributed by atoms with Crippen molar-refractivity contribution >= 4 is 23.3 Å². The summed E-state index contributed by atoms with van der Waals surface area (Å²) < 4.78 is 0. The molecule has 2 rings (SSSR count). The lowest BCUT2D eigenvalue weighted by Gasteiger charge is -2.08. The normalized spacial score (nSPS) is 20.8. The maximum atomic E-state index is 11.9. The van der Waals surface area contributed by atoms with E-state index in [1.54, 1.807) is 6.07 Å². The first-order valence-corrected chi connectivity index (χ1v) is 5.75. The molecule has 0 aliphatic heterocycles. The Hall–Kier alpha value is -1.33. The van der Waals surface area contributed by atoms with Gasteiger partial charge in [-0.1, -0.05) is 25.4 Å². The summed E-state index contributed by atoms with van der Waals surface area (Å²) in [6.07, 6.45) is 2.45. The minimum Gasteiger partial charge on any atom is -0.349 e. The molecule has 5 nitrogen and oxygen atoms in total. The number of carbonyl (C=O) groups excluding carboxylic acids is 1. The van der Waals surface area contributed by atoms with Gasteiger partial charge in [-0.2, -0.15) is 0 Å². The van der Waals surface area contributed by atoms with Crippen molar-refractivity contribution in [2.24, 2.45) is 11.3 Å². The number of pyridine rings is 1. The highest BCUT2D eigenvalue weighted by molar-refractivity contribution is 6.33. The molecule has 92 valence electrons. The fourth-order valence-corrected chi connectivity index (χ4v) is 1.84. The number of anilines is 1. The Labute approximate surface area is 105 Å². The highest BCUT2D eigenvalue weighted by Gasteiger charge is 2.46. The summed E-state index contributed by atoms with van der Waals surface area (Å²) >= 11 is 5.90. The third-order valence-corrected chi connectivity index (χ3v) is 3.35. The van der Waals surface area contributed by atoms with Crippen LogP contribution in [0, 0.1) is 5.41 Å². The van der Waals surface area contributed by atoms with Gasteiger partial charge in [-0.05, 0) is 17.9 Å². The second-order valence-electron chi connectivity index (χ2n) is 4.92. The van der Waals surface area contributed by atoms with Crippen LogP contribution in [-0.2, 0) is 0 Å². The Kier molecular flexibility index (Phi) is 2.97. The Morgan fingerprint density at radius 1 is 1.65 bits per heavy atom. The van der Waals surface area contributed by atoms with Gasteiger partial charge < -0.3 is 10.7 Å². The van der Waals surface area contributed by atoms with Crippen LogP contribution in [0.2, 0.25) is 5.02 Å². The minimum absolute atomic E-state index is 0.154. The molecule has 1 saturated carbocycles. The molecule has 0 bridgehead atoms. The van der Waals surface area contributed by atoms with Gasteiger partial charge in [-0.3, -0.25) is 4.79 Å². The number of aromatic nitrogens is 1. The molecule has 1 aliphatic rings. The average Bonchev–Trinajstić information content (AvgIpc) is 2.85. The van der Waals surface area contributed by atoms with Crippen LogP contribution in [0.4, 0.5) is 5.82 Å². The van der Waals surface area contributed by atoms with Crippen molar-refractivity contribution in [1.29, 1.82) is 0 Å². The molecule has 1 heterocycles. The Balaban J connectivity index is 2.07. The summed E-state index contributed by atoms with van der Waals surface area (Å²) in [5.41, 5.74) is 2.99. The third-order valence-electron chi connectivity index (χ3n) is 3.06. The lowest BCUT2D eigenvalue weighted by atomic mass is 10.2. The van der Waals surface area contributed by atoms with E-state index in [9.17, 15) is 4.79 Å². The van der Waals surface area contributed by atoms with Crippen molar-refractivity contribution in [3.05, 3.63) is 22.8 Å². The SMILES string of the molecule is CC1(C)CC1NC(=O)c1cnc(NN)c(Cl)c1. The Bertz CT molecular complexity index is 461. The molecule has 1 atom stereocenters. The molecule has 1 unspecified atom stereocenters. The second-order valence-corrected chi connectivity index (χ2v) is 5.32. The molecule has 4 N–H and O–H groups in total. The van der Waals surface area contributed by atoms with Crippen molar-refractivity contribution in [3.8, 4) is 0 Å². The fraction of sp³-hybridized carbons (Fsp3) is 0.455. The minimum atomic E-state index is -0.154. The summed E-state index contributed by atoms with van der Waals surface area (Å²) in [6, 6.07) is 1.79. The van der Waals surface area contributed by atoms with E-state index in [1.807, 2.05) is 0 Å². The van der Waals surface area contributed by atoms with Crippen molar-refractivity contribution in [3.63, 3.8) is 0 Å². The predicted octanol–water partition coefficient (Wildman–Crippen LogP) is 1.55. The van der Waals surface area contributed by atoms with Crippen LogP contribution in [0.5, 0.6) is 0 Å². The van der Waals surface area contributed by atoms with Crippen LogP contribution in [0.3, 0.4) is 0 Å². The van der Waals surface area contributed by atoms with Gasteiger partial charge >= 0.3 is 0 Å². The van der Waals surface area contributed by atoms with Gasteiger partial charge in [0.05, 0.1) is 10.6 Å². The molecule has 1 aliphatic carbocycles. The van der Waals surface area contributed by atoms with Crippen LogP contribution in [0.25, 0.3) is 0 Å². The van der Waals surface area contributed by atoms with Gasteiger partial charge in [0.2, 0.25) is 0 Å². The molecule has 1 aromatic heterocycles. The lowest BCUT2D eigenvalue weighted by molar-refractivity contribution is 0.0946. The number of nitrogens with two attached hydrogens (primary N) is 1. The molecule has 0 spiro atoms. The van der Waals surface area contributed by atoms with Crippen molar-refractivity contribution in [2.75, 3.05) is 5.43 Å². The van der Waals surface area contributed by atoms with E-state index in [4.69, 9.17) is 17.4 Å². The van der Waals surface area contributed by atoms with Crippen LogP contribution in [0.15, 0.2) is 12.3 Å². The molecule has 1 aromatic rings. The smallest absolute Gasteiger partial charge is 0.253 e. The first-order chi connectivity index (χ1) is 7.94. The summed E-state index contributed by atoms with van der Waals surface area (Å²) in [7, 11) is 0. The number of rotatable bonds is 3. The number of hydrazine groups is 1.